The molecule has 3 N–H and O–H groups in total. The number of nitrogens with zero attached hydrogens (tertiary/aromatic N) is 2. The lowest BCUT2D eigenvalue weighted by Crippen LogP contribution is -2.32. The highest BCUT2D eigenvalue weighted by Crippen LogP contribution is 2.32. The van der Waals surface area contributed by atoms with Crippen LogP contribution in [0.15, 0.2) is 42.5 Å². The van der Waals surface area contributed by atoms with E-state index in [1.807, 2.05) is 0 Å². The van der Waals surface area contributed by atoms with Gasteiger partial charge in [-0.2, -0.15) is 0 Å². The number of hydrogen-bond acceptors (Lipinski definition) is 6. The third-order valence-electron chi connectivity index (χ3n) is 3.42. The molecule has 0 amide bonds. The summed E-state index contributed by atoms with van der Waals surface area (Å²) in [6, 6.07) is 8.35. The average Bonchev–Trinajstić information content (AvgIpc) is 2.54. The van der Waals surface area contributed by atoms with Gasteiger partial charge in [0.1, 0.15) is 6.04 Å². The number of aliphatic carboxylic acids is 1. The van der Waals surface area contributed by atoms with Crippen molar-refractivity contribution in [1.29, 1.82) is 0 Å². The molecular formula is C15H13N3O6. The molecule has 2 aromatic rings. The van der Waals surface area contributed by atoms with E-state index in [2.05, 4.69) is 0 Å². The molecule has 9 heteroatoms. The zero-order valence-electron chi connectivity index (χ0n) is 12.3. The summed E-state index contributed by atoms with van der Waals surface area (Å²) in [6.07, 6.45) is 0.00725. The Morgan fingerprint density at radius 1 is 1.08 bits per heavy atom. The fourth-order valence-corrected chi connectivity index (χ4v) is 2.20. The summed E-state index contributed by atoms with van der Waals surface area (Å²) in [5.74, 6) is -1.18. The molecule has 0 saturated heterocycles. The molecule has 1 atom stereocenters. The Kier molecular flexibility index (Phi) is 4.85. The van der Waals surface area contributed by atoms with Gasteiger partial charge in [0.15, 0.2) is 0 Å². The number of carboxylic acids is 1. The first-order valence-corrected chi connectivity index (χ1v) is 6.80. The quantitative estimate of drug-likeness (QED) is 0.608. The Balaban J connectivity index is 2.46. The second-order valence-corrected chi connectivity index (χ2v) is 5.06. The molecule has 0 unspecified atom stereocenters. The number of carboxylic acid groups (broad SMARTS) is 1. The number of nitro groups is 2. The topological polar surface area (TPSA) is 150 Å². The highest BCUT2D eigenvalue weighted by atomic mass is 16.6. The van der Waals surface area contributed by atoms with Crippen molar-refractivity contribution < 1.29 is 19.7 Å². The molecule has 2 rings (SSSR count). The highest BCUT2D eigenvalue weighted by Gasteiger charge is 2.19. The summed E-state index contributed by atoms with van der Waals surface area (Å²) >= 11 is 0. The summed E-state index contributed by atoms with van der Waals surface area (Å²) in [5, 5.41) is 30.7. The molecule has 0 spiro atoms. The molecule has 0 saturated carbocycles. The van der Waals surface area contributed by atoms with Crippen molar-refractivity contribution in [1.82, 2.24) is 0 Å². The molecule has 0 fully saturated rings. The molecule has 124 valence electrons. The Hall–Kier alpha value is -3.33. The first-order valence-electron chi connectivity index (χ1n) is 6.80. The lowest BCUT2D eigenvalue weighted by Gasteiger charge is -2.09. The second kappa shape index (κ2) is 6.84. The molecular weight excluding hydrogens is 318 g/mol. The van der Waals surface area contributed by atoms with Crippen LogP contribution in [0.3, 0.4) is 0 Å². The van der Waals surface area contributed by atoms with Crippen LogP contribution in [0, 0.1) is 20.2 Å². The van der Waals surface area contributed by atoms with Crippen LogP contribution in [0.2, 0.25) is 0 Å². The van der Waals surface area contributed by atoms with Gasteiger partial charge in [-0.05, 0) is 35.7 Å². The van der Waals surface area contributed by atoms with Crippen molar-refractivity contribution in [2.45, 2.75) is 12.5 Å². The van der Waals surface area contributed by atoms with Crippen LogP contribution in [0.5, 0.6) is 0 Å². The minimum Gasteiger partial charge on any atom is -0.480 e. The van der Waals surface area contributed by atoms with Crippen LogP contribution < -0.4 is 5.73 Å². The lowest BCUT2D eigenvalue weighted by atomic mass is 9.98. The number of nitrogens with two attached hydrogens (primary N) is 1. The fourth-order valence-electron chi connectivity index (χ4n) is 2.20. The van der Waals surface area contributed by atoms with Gasteiger partial charge in [0.2, 0.25) is 0 Å². The maximum Gasteiger partial charge on any atom is 0.320 e. The summed E-state index contributed by atoms with van der Waals surface area (Å²) in [7, 11) is 0. The van der Waals surface area contributed by atoms with Crippen molar-refractivity contribution >= 4 is 17.3 Å². The largest absolute Gasteiger partial charge is 0.480 e. The van der Waals surface area contributed by atoms with Crippen LogP contribution in [0.25, 0.3) is 11.1 Å². The number of non-ortho nitro benzene ring substituents is 1. The molecule has 0 radical (unpaired) electrons. The van der Waals surface area contributed by atoms with E-state index in [1.165, 1.54) is 42.5 Å². The van der Waals surface area contributed by atoms with Gasteiger partial charge in [-0.3, -0.25) is 25.0 Å². The van der Waals surface area contributed by atoms with E-state index in [0.717, 1.165) is 0 Å². The van der Waals surface area contributed by atoms with Gasteiger partial charge in [0.05, 0.1) is 15.4 Å². The molecule has 2 aromatic carbocycles. The molecule has 9 nitrogen and oxygen atoms in total. The standard InChI is InChI=1S/C15H13N3O6/c16-13(15(19)20)8-9-1-6-14(18(23)24)12(7-9)10-2-4-11(5-3-10)17(21)22/h1-7,13H,8,16H2,(H,19,20)/t13-/m0/s1. The van der Waals surface area contributed by atoms with Gasteiger partial charge in [0, 0.05) is 18.2 Å². The van der Waals surface area contributed by atoms with E-state index < -0.39 is 21.9 Å². The van der Waals surface area contributed by atoms with Gasteiger partial charge >= 0.3 is 5.97 Å². The zero-order chi connectivity index (χ0) is 17.9. The number of benzene rings is 2. The Morgan fingerprint density at radius 2 is 1.71 bits per heavy atom. The van der Waals surface area contributed by atoms with E-state index in [1.54, 1.807) is 0 Å². The Bertz CT molecular complexity index is 803. The third-order valence-corrected chi connectivity index (χ3v) is 3.42. The number of carbonyl (C=O) groups is 1. The van der Waals surface area contributed by atoms with Gasteiger partial charge in [-0.15, -0.1) is 0 Å². The highest BCUT2D eigenvalue weighted by molar-refractivity contribution is 5.76. The van der Waals surface area contributed by atoms with Gasteiger partial charge in [0.25, 0.3) is 11.4 Å². The molecule has 24 heavy (non-hydrogen) atoms. The van der Waals surface area contributed by atoms with E-state index in [4.69, 9.17) is 10.8 Å². The summed E-state index contributed by atoms with van der Waals surface area (Å²) < 4.78 is 0. The zero-order valence-corrected chi connectivity index (χ0v) is 12.3. The number of nitro benzene ring substituents is 2. The number of hydrogen-bond donors (Lipinski definition) is 2. The van der Waals surface area contributed by atoms with Gasteiger partial charge in [-0.1, -0.05) is 6.07 Å². The van der Waals surface area contributed by atoms with Crippen LogP contribution in [-0.4, -0.2) is 27.0 Å². The minimum absolute atomic E-state index is 0.00725. The molecule has 0 heterocycles. The smallest absolute Gasteiger partial charge is 0.320 e. The fraction of sp³-hybridized carbons (Fsp3) is 0.133. The van der Waals surface area contributed by atoms with Crippen LogP contribution in [0.1, 0.15) is 5.56 Å². The van der Waals surface area contributed by atoms with Crippen molar-refractivity contribution in [3.05, 3.63) is 68.3 Å². The van der Waals surface area contributed by atoms with Crippen molar-refractivity contribution in [3.8, 4) is 11.1 Å². The monoisotopic (exact) mass is 331 g/mol. The summed E-state index contributed by atoms with van der Waals surface area (Å²) in [4.78, 5) is 31.6. The predicted octanol–water partition coefficient (Wildman–Crippen LogP) is 2.12. The minimum atomic E-state index is -1.18. The van der Waals surface area contributed by atoms with Crippen LogP contribution in [-0.2, 0) is 11.2 Å². The van der Waals surface area contributed by atoms with Crippen LogP contribution in [0.4, 0.5) is 11.4 Å². The molecule has 0 bridgehead atoms. The Morgan fingerprint density at radius 3 is 2.21 bits per heavy atom. The predicted molar refractivity (Wildman–Crippen MR) is 84.5 cm³/mol. The molecule has 0 aliphatic carbocycles. The third kappa shape index (κ3) is 3.70. The first-order chi connectivity index (χ1) is 11.3. The van der Waals surface area contributed by atoms with Crippen molar-refractivity contribution in [3.63, 3.8) is 0 Å². The molecule has 0 aliphatic heterocycles. The van der Waals surface area contributed by atoms with E-state index >= 15 is 0 Å². The van der Waals surface area contributed by atoms with E-state index in [9.17, 15) is 25.0 Å². The van der Waals surface area contributed by atoms with Gasteiger partial charge in [-0.25, -0.2) is 0 Å². The van der Waals surface area contributed by atoms with Gasteiger partial charge < -0.3 is 10.8 Å². The van der Waals surface area contributed by atoms with Crippen molar-refractivity contribution in [2.75, 3.05) is 0 Å². The first kappa shape index (κ1) is 17.0. The number of rotatable bonds is 6. The average molecular weight is 331 g/mol. The van der Waals surface area contributed by atoms with E-state index in [0.29, 0.717) is 11.1 Å². The summed E-state index contributed by atoms with van der Waals surface area (Å²) in [5.41, 5.74) is 6.34. The van der Waals surface area contributed by atoms with Crippen LogP contribution >= 0.6 is 0 Å². The normalized spacial score (nSPS) is 11.7. The maximum absolute atomic E-state index is 11.2. The Labute approximate surface area is 135 Å². The SMILES string of the molecule is N[C@@H](Cc1ccc([N+](=O)[O-])c(-c2ccc([N+](=O)[O-])cc2)c1)C(=O)O. The lowest BCUT2D eigenvalue weighted by molar-refractivity contribution is -0.385. The van der Waals surface area contributed by atoms with Crippen molar-refractivity contribution in [2.24, 2.45) is 5.73 Å². The summed E-state index contributed by atoms with van der Waals surface area (Å²) in [6.45, 7) is 0. The molecule has 0 aromatic heterocycles. The molecule has 0 aliphatic rings. The second-order valence-electron chi connectivity index (χ2n) is 5.06. The van der Waals surface area contributed by atoms with E-state index in [-0.39, 0.29) is 23.4 Å². The maximum atomic E-state index is 11.2.